The molecule has 1 N–H and O–H groups in total. The number of hydrogen-bond acceptors (Lipinski definition) is 3. The van der Waals surface area contributed by atoms with Crippen molar-refractivity contribution in [2.45, 2.75) is 52.1 Å². The zero-order valence-electron chi connectivity index (χ0n) is 16.4. The summed E-state index contributed by atoms with van der Waals surface area (Å²) in [6, 6.07) is 0. The van der Waals surface area contributed by atoms with E-state index in [9.17, 15) is 18.0 Å². The Morgan fingerprint density at radius 1 is 1.32 bits per heavy atom. The number of likely N-dealkylation sites (tertiary alicyclic amines) is 1. The molecule has 0 aromatic carbocycles. The average Bonchev–Trinajstić information content (AvgIpc) is 2.55. The molecule has 4 nitrogen and oxygen atoms in total. The van der Waals surface area contributed by atoms with Gasteiger partial charge < -0.3 is 9.84 Å². The van der Waals surface area contributed by atoms with E-state index in [0.717, 1.165) is 25.1 Å². The highest BCUT2D eigenvalue weighted by molar-refractivity contribution is 5.71. The maximum atomic E-state index is 12.2. The van der Waals surface area contributed by atoms with E-state index in [1.54, 1.807) is 0 Å². The lowest BCUT2D eigenvalue weighted by molar-refractivity contribution is -0.147. The minimum Gasteiger partial charge on any atom is -0.498 e. The second-order valence-corrected chi connectivity index (χ2v) is 8.17. The van der Waals surface area contributed by atoms with Gasteiger partial charge in [0.1, 0.15) is 0 Å². The van der Waals surface area contributed by atoms with Crippen molar-refractivity contribution in [3.8, 4) is 0 Å². The number of carboxylic acid groups (broad SMARTS) is 1. The zero-order chi connectivity index (χ0) is 20.5. The van der Waals surface area contributed by atoms with Crippen LogP contribution < -0.4 is 0 Å². The highest BCUT2D eigenvalue weighted by Crippen LogP contribution is 2.41. The lowest BCUT2D eigenvalue weighted by Gasteiger charge is -2.40. The standard InChI is InChI=1S/C21H28F3NO3/c1-13-8-15-9-17(28-7-3-6-21(22,23)24)4-5-18(15)14(2)19(13)12-25-10-16(11-25)20(26)27/h9,13,16H,3-8,10-12H2,1-2H3,(H,26,27)/t13-/m1/s1. The number of aliphatic carboxylic acids is 1. The quantitative estimate of drug-likeness (QED) is 0.631. The van der Waals surface area contributed by atoms with Crippen LogP contribution in [0.3, 0.4) is 0 Å². The summed E-state index contributed by atoms with van der Waals surface area (Å²) in [6.45, 7) is 6.46. The number of carboxylic acids is 1. The van der Waals surface area contributed by atoms with Gasteiger partial charge in [-0.25, -0.2) is 0 Å². The van der Waals surface area contributed by atoms with Gasteiger partial charge in [-0.15, -0.1) is 0 Å². The Kier molecular flexibility index (Phi) is 6.22. The molecule has 0 bridgehead atoms. The second kappa shape index (κ2) is 8.31. The lowest BCUT2D eigenvalue weighted by Crippen LogP contribution is -2.51. The number of nitrogens with zero attached hydrogens (tertiary/aromatic N) is 1. The van der Waals surface area contributed by atoms with Crippen LogP contribution in [-0.4, -0.2) is 48.4 Å². The molecular weight excluding hydrogens is 371 g/mol. The van der Waals surface area contributed by atoms with Gasteiger partial charge in [0.05, 0.1) is 18.3 Å². The molecule has 1 atom stereocenters. The molecule has 2 aliphatic carbocycles. The Labute approximate surface area is 163 Å². The normalized spacial score (nSPS) is 24.0. The van der Waals surface area contributed by atoms with Gasteiger partial charge >= 0.3 is 12.1 Å². The van der Waals surface area contributed by atoms with Crippen molar-refractivity contribution >= 4 is 5.97 Å². The summed E-state index contributed by atoms with van der Waals surface area (Å²) in [6.07, 6.45) is -0.469. The van der Waals surface area contributed by atoms with Gasteiger partial charge in [-0.2, -0.15) is 13.2 Å². The zero-order valence-corrected chi connectivity index (χ0v) is 16.4. The fourth-order valence-electron chi connectivity index (χ4n) is 4.35. The molecule has 0 amide bonds. The molecule has 0 unspecified atom stereocenters. The van der Waals surface area contributed by atoms with E-state index >= 15 is 0 Å². The topological polar surface area (TPSA) is 49.8 Å². The van der Waals surface area contributed by atoms with Gasteiger partial charge in [0.2, 0.25) is 0 Å². The van der Waals surface area contributed by atoms with Gasteiger partial charge in [0.15, 0.2) is 0 Å². The number of alkyl halides is 3. The predicted molar refractivity (Wildman–Crippen MR) is 99.6 cm³/mol. The third kappa shape index (κ3) is 4.99. The number of halogens is 3. The number of rotatable bonds is 7. The molecule has 0 radical (unpaired) electrons. The van der Waals surface area contributed by atoms with Gasteiger partial charge in [-0.05, 0) is 60.5 Å². The number of carbonyl (C=O) groups is 1. The summed E-state index contributed by atoms with van der Waals surface area (Å²) in [7, 11) is 0. The van der Waals surface area contributed by atoms with E-state index in [4.69, 9.17) is 9.84 Å². The molecular formula is C21H28F3NO3. The first-order valence-corrected chi connectivity index (χ1v) is 9.91. The molecule has 0 aromatic rings. The van der Waals surface area contributed by atoms with Crippen LogP contribution in [0.4, 0.5) is 13.2 Å². The van der Waals surface area contributed by atoms with Crippen molar-refractivity contribution < 1.29 is 27.8 Å². The monoisotopic (exact) mass is 399 g/mol. The van der Waals surface area contributed by atoms with Crippen LogP contribution in [0.5, 0.6) is 0 Å². The van der Waals surface area contributed by atoms with E-state index in [0.29, 0.717) is 25.4 Å². The van der Waals surface area contributed by atoms with Crippen LogP contribution in [-0.2, 0) is 9.53 Å². The molecule has 0 saturated carbocycles. The molecule has 156 valence electrons. The molecule has 3 rings (SSSR count). The fraction of sp³-hybridized carbons (Fsp3) is 0.667. The highest BCUT2D eigenvalue weighted by atomic mass is 19.4. The van der Waals surface area contributed by atoms with Crippen molar-refractivity contribution in [1.29, 1.82) is 0 Å². The van der Waals surface area contributed by atoms with Crippen LogP contribution in [0, 0.1) is 11.8 Å². The third-order valence-corrected chi connectivity index (χ3v) is 5.99. The van der Waals surface area contributed by atoms with Crippen molar-refractivity contribution in [2.24, 2.45) is 11.8 Å². The summed E-state index contributed by atoms with van der Waals surface area (Å²) >= 11 is 0. The van der Waals surface area contributed by atoms with E-state index in [1.165, 1.54) is 22.3 Å². The van der Waals surface area contributed by atoms with Gasteiger partial charge in [0, 0.05) is 32.5 Å². The smallest absolute Gasteiger partial charge is 0.389 e. The maximum Gasteiger partial charge on any atom is 0.389 e. The Morgan fingerprint density at radius 3 is 2.68 bits per heavy atom. The first-order chi connectivity index (χ1) is 13.1. The maximum absolute atomic E-state index is 12.2. The molecule has 1 saturated heterocycles. The van der Waals surface area contributed by atoms with E-state index in [1.807, 2.05) is 6.08 Å². The largest absolute Gasteiger partial charge is 0.498 e. The van der Waals surface area contributed by atoms with Crippen molar-refractivity contribution in [2.75, 3.05) is 26.2 Å². The molecule has 1 fully saturated rings. The van der Waals surface area contributed by atoms with Gasteiger partial charge in [0.25, 0.3) is 0 Å². The molecule has 1 aliphatic heterocycles. The van der Waals surface area contributed by atoms with E-state index in [2.05, 4.69) is 18.7 Å². The van der Waals surface area contributed by atoms with Crippen LogP contribution in [0.1, 0.15) is 46.0 Å². The molecule has 0 spiro atoms. The highest BCUT2D eigenvalue weighted by Gasteiger charge is 2.35. The first kappa shape index (κ1) is 21.0. The Hall–Kier alpha value is -1.76. The van der Waals surface area contributed by atoms with Crippen LogP contribution >= 0.6 is 0 Å². The number of hydrogen-bond donors (Lipinski definition) is 1. The summed E-state index contributed by atoms with van der Waals surface area (Å²) in [5.41, 5.74) is 5.23. The van der Waals surface area contributed by atoms with Gasteiger partial charge in [-0.3, -0.25) is 9.69 Å². The Balaban J connectivity index is 1.60. The minimum absolute atomic E-state index is 0.0145. The van der Waals surface area contributed by atoms with E-state index < -0.39 is 18.6 Å². The molecule has 1 heterocycles. The van der Waals surface area contributed by atoms with Crippen LogP contribution in [0.15, 0.2) is 34.1 Å². The van der Waals surface area contributed by atoms with Crippen LogP contribution in [0.2, 0.25) is 0 Å². The van der Waals surface area contributed by atoms with Crippen molar-refractivity contribution in [1.82, 2.24) is 4.90 Å². The number of allylic oxidation sites excluding steroid dienone is 5. The average molecular weight is 399 g/mol. The molecule has 7 heteroatoms. The van der Waals surface area contributed by atoms with Crippen LogP contribution in [0.25, 0.3) is 0 Å². The summed E-state index contributed by atoms with van der Waals surface area (Å²) < 4.78 is 42.3. The third-order valence-electron chi connectivity index (χ3n) is 5.99. The van der Waals surface area contributed by atoms with Crippen molar-refractivity contribution in [3.63, 3.8) is 0 Å². The predicted octanol–water partition coefficient (Wildman–Crippen LogP) is 4.69. The number of ether oxygens (including phenoxy) is 1. The SMILES string of the molecule is CC1=C(CN2CC(C(=O)O)C2)[C@H](C)CC2=C1CCC(OCCCC(F)(F)F)=C2. The second-order valence-electron chi connectivity index (χ2n) is 8.17. The lowest BCUT2D eigenvalue weighted by atomic mass is 9.76. The molecule has 28 heavy (non-hydrogen) atoms. The molecule has 3 aliphatic rings. The molecule has 0 aromatic heterocycles. The fourth-order valence-corrected chi connectivity index (χ4v) is 4.35. The summed E-state index contributed by atoms with van der Waals surface area (Å²) in [5, 5.41) is 9.04. The summed E-state index contributed by atoms with van der Waals surface area (Å²) in [4.78, 5) is 13.2. The summed E-state index contributed by atoms with van der Waals surface area (Å²) in [5.74, 6) is 0.188. The van der Waals surface area contributed by atoms with Gasteiger partial charge in [-0.1, -0.05) is 6.92 Å². The Morgan fingerprint density at radius 2 is 2.04 bits per heavy atom. The Bertz CT molecular complexity index is 715. The minimum atomic E-state index is -4.13. The first-order valence-electron chi connectivity index (χ1n) is 9.91. The van der Waals surface area contributed by atoms with E-state index in [-0.39, 0.29) is 18.9 Å². The van der Waals surface area contributed by atoms with Crippen molar-refractivity contribution in [3.05, 3.63) is 34.1 Å².